The number of benzene rings is 3. The normalized spacial score (nSPS) is 11.0. The van der Waals surface area contributed by atoms with Gasteiger partial charge in [0.1, 0.15) is 17.5 Å². The molecule has 146 valence electrons. The highest BCUT2D eigenvalue weighted by Crippen LogP contribution is 2.19. The van der Waals surface area contributed by atoms with Gasteiger partial charge in [-0.15, -0.1) is 0 Å². The fraction of sp³-hybridized carbons (Fsp3) is 0.0476. The van der Waals surface area contributed by atoms with E-state index < -0.39 is 17.5 Å². The van der Waals surface area contributed by atoms with Crippen molar-refractivity contribution < 1.29 is 18.0 Å². The molecule has 1 heterocycles. The zero-order valence-corrected chi connectivity index (χ0v) is 14.9. The molecule has 0 saturated heterocycles. The molecule has 0 radical (unpaired) electrons. The summed E-state index contributed by atoms with van der Waals surface area (Å²) >= 11 is 0. The summed E-state index contributed by atoms with van der Waals surface area (Å²) in [4.78, 5) is 27.4. The largest absolute Gasteiger partial charge is 0.326 e. The van der Waals surface area contributed by atoms with E-state index in [2.05, 4.69) is 10.3 Å². The monoisotopic (exact) mass is 397 g/mol. The molecule has 0 saturated carbocycles. The Morgan fingerprint density at radius 3 is 2.38 bits per heavy atom. The van der Waals surface area contributed by atoms with E-state index in [0.29, 0.717) is 17.1 Å². The van der Waals surface area contributed by atoms with E-state index in [0.717, 1.165) is 17.7 Å². The summed E-state index contributed by atoms with van der Waals surface area (Å²) < 4.78 is 41.3. The number of H-pyrrole nitrogens is 1. The van der Waals surface area contributed by atoms with Crippen molar-refractivity contribution in [1.82, 2.24) is 9.55 Å². The third kappa shape index (κ3) is 3.77. The van der Waals surface area contributed by atoms with E-state index >= 15 is 0 Å². The standard InChI is InChI=1S/C21H14F3N3O2/c22-14-4-1-12(2-5-14)11-27-19-8-3-13(9-18(19)26-21(27)29)20(28)25-17-7-6-15(23)10-16(17)24/h1-10H,11H2,(H,25,28)(H,26,29). The molecule has 2 N–H and O–H groups in total. The third-order valence-electron chi connectivity index (χ3n) is 4.47. The minimum Gasteiger partial charge on any atom is -0.319 e. The van der Waals surface area contributed by atoms with Crippen molar-refractivity contribution in [3.8, 4) is 0 Å². The second kappa shape index (κ2) is 7.31. The zero-order valence-electron chi connectivity index (χ0n) is 14.9. The van der Waals surface area contributed by atoms with Crippen molar-refractivity contribution in [3.63, 3.8) is 0 Å². The van der Waals surface area contributed by atoms with E-state index in [1.807, 2.05) is 0 Å². The van der Waals surface area contributed by atoms with E-state index in [9.17, 15) is 22.8 Å². The summed E-state index contributed by atoms with van der Waals surface area (Å²) in [6, 6.07) is 13.2. The van der Waals surface area contributed by atoms with Crippen LogP contribution >= 0.6 is 0 Å². The topological polar surface area (TPSA) is 66.9 Å². The maximum Gasteiger partial charge on any atom is 0.326 e. The number of anilines is 1. The molecule has 0 bridgehead atoms. The van der Waals surface area contributed by atoms with Gasteiger partial charge < -0.3 is 10.3 Å². The van der Waals surface area contributed by atoms with Crippen LogP contribution in [-0.2, 0) is 6.54 Å². The Morgan fingerprint density at radius 1 is 0.931 bits per heavy atom. The highest BCUT2D eigenvalue weighted by atomic mass is 19.1. The minimum absolute atomic E-state index is 0.154. The van der Waals surface area contributed by atoms with Crippen LogP contribution in [0.5, 0.6) is 0 Å². The number of amides is 1. The maximum absolute atomic E-state index is 13.7. The first-order chi connectivity index (χ1) is 13.9. The van der Waals surface area contributed by atoms with Gasteiger partial charge in [0.2, 0.25) is 0 Å². The van der Waals surface area contributed by atoms with Crippen molar-refractivity contribution in [3.05, 3.63) is 99.7 Å². The SMILES string of the molecule is O=C(Nc1ccc(F)cc1F)c1ccc2c(c1)[nH]c(=O)n2Cc1ccc(F)cc1. The molecule has 0 spiro atoms. The summed E-state index contributed by atoms with van der Waals surface area (Å²) in [5, 5.41) is 2.37. The lowest BCUT2D eigenvalue weighted by Gasteiger charge is -2.07. The van der Waals surface area contributed by atoms with Crippen LogP contribution < -0.4 is 11.0 Å². The number of fused-ring (bicyclic) bond motifs is 1. The Kier molecular flexibility index (Phi) is 4.67. The van der Waals surface area contributed by atoms with Gasteiger partial charge in [-0.05, 0) is 48.0 Å². The van der Waals surface area contributed by atoms with E-state index in [1.165, 1.54) is 28.8 Å². The summed E-state index contributed by atoms with van der Waals surface area (Å²) in [6.45, 7) is 0.228. The first kappa shape index (κ1) is 18.5. The lowest BCUT2D eigenvalue weighted by Crippen LogP contribution is -2.17. The number of nitrogens with zero attached hydrogens (tertiary/aromatic N) is 1. The molecule has 5 nitrogen and oxygen atoms in total. The molecule has 0 aliphatic carbocycles. The van der Waals surface area contributed by atoms with E-state index in [-0.39, 0.29) is 29.3 Å². The van der Waals surface area contributed by atoms with Gasteiger partial charge in [-0.1, -0.05) is 12.1 Å². The summed E-state index contributed by atoms with van der Waals surface area (Å²) in [5.41, 5.74) is 1.37. The number of halogens is 3. The van der Waals surface area contributed by atoms with Crippen molar-refractivity contribution in [2.24, 2.45) is 0 Å². The quantitative estimate of drug-likeness (QED) is 0.546. The molecule has 4 aromatic rings. The van der Waals surface area contributed by atoms with Gasteiger partial charge in [-0.25, -0.2) is 18.0 Å². The number of hydrogen-bond acceptors (Lipinski definition) is 2. The summed E-state index contributed by atoms with van der Waals surface area (Å²) in [7, 11) is 0. The van der Waals surface area contributed by atoms with Crippen LogP contribution in [0, 0.1) is 17.5 Å². The Morgan fingerprint density at radius 2 is 1.66 bits per heavy atom. The first-order valence-electron chi connectivity index (χ1n) is 8.64. The number of nitrogens with one attached hydrogen (secondary N) is 2. The predicted molar refractivity (Wildman–Crippen MR) is 102 cm³/mol. The van der Waals surface area contributed by atoms with Gasteiger partial charge in [0.15, 0.2) is 0 Å². The van der Waals surface area contributed by atoms with E-state index in [1.54, 1.807) is 18.2 Å². The lowest BCUT2D eigenvalue weighted by atomic mass is 10.1. The number of imidazole rings is 1. The fourth-order valence-electron chi connectivity index (χ4n) is 3.02. The fourth-order valence-corrected chi connectivity index (χ4v) is 3.02. The minimum atomic E-state index is -0.890. The molecule has 0 fully saturated rings. The Hall–Kier alpha value is -3.81. The Labute approximate surface area is 162 Å². The zero-order chi connectivity index (χ0) is 20.5. The second-order valence-electron chi connectivity index (χ2n) is 6.45. The smallest absolute Gasteiger partial charge is 0.319 e. The molecule has 8 heteroatoms. The molecule has 4 rings (SSSR count). The lowest BCUT2D eigenvalue weighted by molar-refractivity contribution is 0.102. The van der Waals surface area contributed by atoms with Gasteiger partial charge in [0.25, 0.3) is 5.91 Å². The number of aromatic nitrogens is 2. The first-order valence-corrected chi connectivity index (χ1v) is 8.64. The van der Waals surface area contributed by atoms with Crippen LogP contribution in [0.2, 0.25) is 0 Å². The molecule has 1 aromatic heterocycles. The van der Waals surface area contributed by atoms with Crippen molar-refractivity contribution >= 4 is 22.6 Å². The highest BCUT2D eigenvalue weighted by molar-refractivity contribution is 6.06. The number of carbonyl (C=O) groups excluding carboxylic acids is 1. The predicted octanol–water partition coefficient (Wildman–Crippen LogP) is 4.05. The van der Waals surface area contributed by atoms with Crippen molar-refractivity contribution in [2.45, 2.75) is 6.54 Å². The van der Waals surface area contributed by atoms with Crippen LogP contribution in [0.3, 0.4) is 0 Å². The van der Waals surface area contributed by atoms with Crippen LogP contribution in [0.15, 0.2) is 65.5 Å². The molecule has 3 aromatic carbocycles. The van der Waals surface area contributed by atoms with Crippen molar-refractivity contribution in [2.75, 3.05) is 5.32 Å². The molecular formula is C21H14F3N3O2. The number of aromatic amines is 1. The van der Waals surface area contributed by atoms with Crippen LogP contribution in [0.4, 0.5) is 18.9 Å². The van der Waals surface area contributed by atoms with Gasteiger partial charge >= 0.3 is 5.69 Å². The molecule has 1 amide bonds. The molecule has 0 aliphatic heterocycles. The van der Waals surface area contributed by atoms with Crippen molar-refractivity contribution in [1.29, 1.82) is 0 Å². The molecular weight excluding hydrogens is 383 g/mol. The Bertz CT molecular complexity index is 1280. The highest BCUT2D eigenvalue weighted by Gasteiger charge is 2.13. The van der Waals surface area contributed by atoms with Crippen LogP contribution in [0.1, 0.15) is 15.9 Å². The molecule has 0 aliphatic rings. The van der Waals surface area contributed by atoms with E-state index in [4.69, 9.17) is 0 Å². The average molecular weight is 397 g/mol. The molecule has 0 unspecified atom stereocenters. The Balaban J connectivity index is 1.62. The van der Waals surface area contributed by atoms with Gasteiger partial charge in [0, 0.05) is 11.6 Å². The van der Waals surface area contributed by atoms with Gasteiger partial charge in [-0.2, -0.15) is 0 Å². The molecule has 29 heavy (non-hydrogen) atoms. The van der Waals surface area contributed by atoms with Crippen LogP contribution in [-0.4, -0.2) is 15.5 Å². The van der Waals surface area contributed by atoms with Crippen LogP contribution in [0.25, 0.3) is 11.0 Å². The third-order valence-corrected chi connectivity index (χ3v) is 4.47. The average Bonchev–Trinajstić information content (AvgIpc) is 3.00. The molecule has 0 atom stereocenters. The second-order valence-corrected chi connectivity index (χ2v) is 6.45. The number of hydrogen-bond donors (Lipinski definition) is 2. The number of rotatable bonds is 4. The van der Waals surface area contributed by atoms with Gasteiger partial charge in [-0.3, -0.25) is 9.36 Å². The maximum atomic E-state index is 13.7. The summed E-state index contributed by atoms with van der Waals surface area (Å²) in [5.74, 6) is -2.61. The van der Waals surface area contributed by atoms with Gasteiger partial charge in [0.05, 0.1) is 23.3 Å². The summed E-state index contributed by atoms with van der Waals surface area (Å²) in [6.07, 6.45) is 0. The number of carbonyl (C=O) groups is 1.